The van der Waals surface area contributed by atoms with Crippen LogP contribution >= 0.6 is 23.2 Å². The molecule has 0 saturated carbocycles. The highest BCUT2D eigenvalue weighted by atomic mass is 35.5. The second-order valence-electron chi connectivity index (χ2n) is 6.03. The number of fused-ring (bicyclic) bond motifs is 1. The molecular formula is C18H21Cl2NO2. The van der Waals surface area contributed by atoms with Crippen LogP contribution in [0.3, 0.4) is 0 Å². The van der Waals surface area contributed by atoms with E-state index in [1.165, 1.54) is 12.6 Å². The lowest BCUT2D eigenvalue weighted by atomic mass is 10.1. The summed E-state index contributed by atoms with van der Waals surface area (Å²) in [4.78, 5) is 16.5. The van der Waals surface area contributed by atoms with Crippen molar-refractivity contribution in [3.63, 3.8) is 0 Å². The Labute approximate surface area is 146 Å². The summed E-state index contributed by atoms with van der Waals surface area (Å²) >= 11 is 12.1. The van der Waals surface area contributed by atoms with Gasteiger partial charge < -0.3 is 4.74 Å². The maximum atomic E-state index is 12.3. The maximum Gasteiger partial charge on any atom is 0.341 e. The van der Waals surface area contributed by atoms with E-state index >= 15 is 0 Å². The molecule has 0 atom stereocenters. The predicted molar refractivity (Wildman–Crippen MR) is 95.4 cm³/mol. The van der Waals surface area contributed by atoms with Gasteiger partial charge in [-0.2, -0.15) is 0 Å². The van der Waals surface area contributed by atoms with Crippen molar-refractivity contribution >= 4 is 40.1 Å². The van der Waals surface area contributed by atoms with Crippen LogP contribution in [0.2, 0.25) is 10.0 Å². The van der Waals surface area contributed by atoms with E-state index in [0.29, 0.717) is 33.7 Å². The summed E-state index contributed by atoms with van der Waals surface area (Å²) in [5.74, 6) is 0.282. The Morgan fingerprint density at radius 3 is 2.74 bits per heavy atom. The molecule has 0 aliphatic rings. The maximum absolute atomic E-state index is 12.3. The third-order valence-corrected chi connectivity index (χ3v) is 4.15. The zero-order valence-electron chi connectivity index (χ0n) is 13.4. The number of carbonyl (C=O) groups excluding carboxylic acids is 1. The summed E-state index contributed by atoms with van der Waals surface area (Å²) in [5, 5.41) is 1.63. The van der Waals surface area contributed by atoms with E-state index in [1.807, 2.05) is 0 Å². The van der Waals surface area contributed by atoms with Crippen LogP contribution < -0.4 is 0 Å². The first-order valence-electron chi connectivity index (χ1n) is 7.90. The average molecular weight is 354 g/mol. The van der Waals surface area contributed by atoms with Crippen molar-refractivity contribution in [2.75, 3.05) is 6.61 Å². The van der Waals surface area contributed by atoms with Gasteiger partial charge >= 0.3 is 5.97 Å². The third-order valence-electron chi connectivity index (χ3n) is 3.63. The molecule has 1 aromatic carbocycles. The van der Waals surface area contributed by atoms with Gasteiger partial charge in [-0.1, -0.05) is 62.4 Å². The SMILES string of the molecule is CC(C)CCCCCOC(=O)c1c(Cl)ccc2cc(Cl)cnc12. The zero-order chi connectivity index (χ0) is 16.8. The number of aromatic nitrogens is 1. The molecule has 0 aliphatic heterocycles. The minimum atomic E-state index is -0.431. The van der Waals surface area contributed by atoms with Gasteiger partial charge in [0.25, 0.3) is 0 Å². The van der Waals surface area contributed by atoms with Gasteiger partial charge in [0.2, 0.25) is 0 Å². The Balaban J connectivity index is 1.99. The Hall–Kier alpha value is -1.32. The van der Waals surface area contributed by atoms with E-state index in [4.69, 9.17) is 27.9 Å². The first-order chi connectivity index (χ1) is 11.0. The van der Waals surface area contributed by atoms with Crippen molar-refractivity contribution in [1.82, 2.24) is 4.98 Å². The van der Waals surface area contributed by atoms with E-state index < -0.39 is 5.97 Å². The summed E-state index contributed by atoms with van der Waals surface area (Å²) in [6.45, 7) is 4.82. The highest BCUT2D eigenvalue weighted by Crippen LogP contribution is 2.27. The van der Waals surface area contributed by atoms with Crippen LogP contribution in [0.15, 0.2) is 24.4 Å². The number of hydrogen-bond acceptors (Lipinski definition) is 3. The van der Waals surface area contributed by atoms with Crippen molar-refractivity contribution in [3.8, 4) is 0 Å². The molecule has 0 radical (unpaired) electrons. The number of nitrogens with zero attached hydrogens (tertiary/aromatic N) is 1. The number of benzene rings is 1. The molecule has 1 heterocycles. The highest BCUT2D eigenvalue weighted by Gasteiger charge is 2.17. The fraction of sp³-hybridized carbons (Fsp3) is 0.444. The molecule has 3 nitrogen and oxygen atoms in total. The second-order valence-corrected chi connectivity index (χ2v) is 6.87. The molecule has 5 heteroatoms. The second kappa shape index (κ2) is 8.51. The molecule has 0 aliphatic carbocycles. The monoisotopic (exact) mass is 353 g/mol. The largest absolute Gasteiger partial charge is 0.462 e. The summed E-state index contributed by atoms with van der Waals surface area (Å²) < 4.78 is 5.36. The van der Waals surface area contributed by atoms with Crippen molar-refractivity contribution in [3.05, 3.63) is 40.0 Å². The van der Waals surface area contributed by atoms with E-state index in [1.54, 1.807) is 18.2 Å². The van der Waals surface area contributed by atoms with Gasteiger partial charge in [0, 0.05) is 11.6 Å². The van der Waals surface area contributed by atoms with Crippen LogP contribution in [0, 0.1) is 5.92 Å². The van der Waals surface area contributed by atoms with E-state index in [0.717, 1.165) is 24.6 Å². The first kappa shape index (κ1) is 18.0. The molecule has 0 spiro atoms. The van der Waals surface area contributed by atoms with E-state index in [2.05, 4.69) is 18.8 Å². The number of hydrogen-bond donors (Lipinski definition) is 0. The number of halogens is 2. The van der Waals surface area contributed by atoms with Crippen LogP contribution in [-0.2, 0) is 4.74 Å². The first-order valence-corrected chi connectivity index (χ1v) is 8.65. The number of unbranched alkanes of at least 4 members (excludes halogenated alkanes) is 2. The van der Waals surface area contributed by atoms with Crippen LogP contribution in [-0.4, -0.2) is 17.6 Å². The van der Waals surface area contributed by atoms with Gasteiger partial charge in [-0.15, -0.1) is 0 Å². The predicted octanol–water partition coefficient (Wildman–Crippen LogP) is 5.91. The quantitative estimate of drug-likeness (QED) is 0.458. The summed E-state index contributed by atoms with van der Waals surface area (Å²) in [5.41, 5.74) is 0.828. The molecule has 2 rings (SSSR count). The normalized spacial score (nSPS) is 11.2. The molecule has 2 aromatic rings. The van der Waals surface area contributed by atoms with Crippen molar-refractivity contribution in [2.24, 2.45) is 5.92 Å². The molecule has 0 N–H and O–H groups in total. The van der Waals surface area contributed by atoms with Crippen molar-refractivity contribution in [2.45, 2.75) is 39.5 Å². The lowest BCUT2D eigenvalue weighted by Crippen LogP contribution is -2.08. The minimum Gasteiger partial charge on any atom is -0.462 e. The Morgan fingerprint density at radius 2 is 2.00 bits per heavy atom. The molecule has 0 saturated heterocycles. The summed E-state index contributed by atoms with van der Waals surface area (Å²) in [6.07, 6.45) is 5.78. The smallest absolute Gasteiger partial charge is 0.341 e. The van der Waals surface area contributed by atoms with Gasteiger partial charge in [0.15, 0.2) is 0 Å². The zero-order valence-corrected chi connectivity index (χ0v) is 15.0. The average Bonchev–Trinajstić information content (AvgIpc) is 2.50. The number of ether oxygens (including phenoxy) is 1. The van der Waals surface area contributed by atoms with E-state index in [9.17, 15) is 4.79 Å². The van der Waals surface area contributed by atoms with Crippen LogP contribution in [0.25, 0.3) is 10.9 Å². The molecule has 1 aromatic heterocycles. The molecule has 0 unspecified atom stereocenters. The van der Waals surface area contributed by atoms with Gasteiger partial charge in [-0.05, 0) is 24.5 Å². The molecule has 23 heavy (non-hydrogen) atoms. The van der Waals surface area contributed by atoms with Gasteiger partial charge in [-0.3, -0.25) is 4.98 Å². The Morgan fingerprint density at radius 1 is 1.22 bits per heavy atom. The highest BCUT2D eigenvalue weighted by molar-refractivity contribution is 6.35. The summed E-state index contributed by atoms with van der Waals surface area (Å²) in [7, 11) is 0. The van der Waals surface area contributed by atoms with Crippen molar-refractivity contribution < 1.29 is 9.53 Å². The van der Waals surface area contributed by atoms with Crippen LogP contribution in [0.5, 0.6) is 0 Å². The third kappa shape index (κ3) is 5.08. The lowest BCUT2D eigenvalue weighted by molar-refractivity contribution is 0.0499. The number of pyridine rings is 1. The fourth-order valence-corrected chi connectivity index (χ4v) is 2.81. The molecular weight excluding hydrogens is 333 g/mol. The molecule has 0 bridgehead atoms. The van der Waals surface area contributed by atoms with Gasteiger partial charge in [0.1, 0.15) is 5.56 Å². The van der Waals surface area contributed by atoms with Crippen molar-refractivity contribution in [1.29, 1.82) is 0 Å². The Bertz CT molecular complexity index is 686. The molecule has 0 fully saturated rings. The summed E-state index contributed by atoms with van der Waals surface area (Å²) in [6, 6.07) is 5.21. The van der Waals surface area contributed by atoms with Crippen LogP contribution in [0.1, 0.15) is 49.9 Å². The minimum absolute atomic E-state index is 0.308. The topological polar surface area (TPSA) is 39.2 Å². The molecule has 0 amide bonds. The lowest BCUT2D eigenvalue weighted by Gasteiger charge is -2.09. The van der Waals surface area contributed by atoms with E-state index in [-0.39, 0.29) is 0 Å². The van der Waals surface area contributed by atoms with Gasteiger partial charge in [0.05, 0.1) is 22.2 Å². The number of rotatable bonds is 7. The fourth-order valence-electron chi connectivity index (χ4n) is 2.41. The standard InChI is InChI=1S/C18H21Cl2NO2/c1-12(2)6-4-3-5-9-23-18(22)16-15(20)8-7-13-10-14(19)11-21-17(13)16/h7-8,10-12H,3-6,9H2,1-2H3. The van der Waals surface area contributed by atoms with Crippen LogP contribution in [0.4, 0.5) is 0 Å². The molecule has 124 valence electrons. The van der Waals surface area contributed by atoms with Gasteiger partial charge in [-0.25, -0.2) is 4.79 Å². The Kier molecular flexibility index (Phi) is 6.67. The number of carbonyl (C=O) groups is 1. The number of esters is 1.